The molecule has 6 nitrogen and oxygen atoms in total. The number of hydrogen-bond acceptors (Lipinski definition) is 4. The number of aryl methyl sites for hydroxylation is 2. The molecule has 3 aromatic rings. The van der Waals surface area contributed by atoms with E-state index in [2.05, 4.69) is 0 Å². The second kappa shape index (κ2) is 13.4. The Morgan fingerprint density at radius 2 is 1.51 bits per heavy atom. The van der Waals surface area contributed by atoms with E-state index in [0.29, 0.717) is 23.2 Å². The van der Waals surface area contributed by atoms with Crippen LogP contribution in [0.25, 0.3) is 0 Å². The molecule has 8 heteroatoms. The zero-order valence-corrected chi connectivity index (χ0v) is 23.0. The normalized spacial score (nSPS) is 12.6. The Balaban J connectivity index is 1.90. The van der Waals surface area contributed by atoms with Gasteiger partial charge in [-0.1, -0.05) is 31.2 Å². The molecule has 0 bridgehead atoms. The van der Waals surface area contributed by atoms with Gasteiger partial charge in [-0.2, -0.15) is 0 Å². The van der Waals surface area contributed by atoms with Crippen molar-refractivity contribution in [3.8, 4) is 0 Å². The van der Waals surface area contributed by atoms with Crippen LogP contribution in [0.4, 0.5) is 8.78 Å². The maximum atomic E-state index is 13.8. The van der Waals surface area contributed by atoms with Gasteiger partial charge in [0.1, 0.15) is 11.6 Å². The van der Waals surface area contributed by atoms with Crippen molar-refractivity contribution in [2.75, 3.05) is 20.1 Å². The fraction of sp³-hybridized carbons (Fsp3) is 0.355. The highest BCUT2D eigenvalue weighted by molar-refractivity contribution is 6.00. The lowest BCUT2D eigenvalue weighted by molar-refractivity contribution is 0.0554. The molecule has 2 atom stereocenters. The number of carbonyl (C=O) groups is 2. The molecule has 0 heterocycles. The number of nitrogens with zero attached hydrogens (tertiary/aromatic N) is 2. The first-order chi connectivity index (χ1) is 18.5. The predicted octanol–water partition coefficient (Wildman–Crippen LogP) is 4.50. The molecule has 0 aliphatic carbocycles. The average Bonchev–Trinajstić information content (AvgIpc) is 2.90. The van der Waals surface area contributed by atoms with E-state index < -0.39 is 23.8 Å². The molecule has 3 N–H and O–H groups in total. The maximum absolute atomic E-state index is 13.8. The zero-order chi connectivity index (χ0) is 28.7. The average molecular weight is 538 g/mol. The van der Waals surface area contributed by atoms with E-state index in [-0.39, 0.29) is 31.3 Å². The Morgan fingerprint density at radius 3 is 2.13 bits per heavy atom. The molecule has 0 fully saturated rings. The summed E-state index contributed by atoms with van der Waals surface area (Å²) < 4.78 is 27.3. The molecule has 0 radical (unpaired) electrons. The van der Waals surface area contributed by atoms with Gasteiger partial charge in [0.15, 0.2) is 0 Å². The molecule has 0 saturated heterocycles. The zero-order valence-electron chi connectivity index (χ0n) is 23.0. The second-order valence-corrected chi connectivity index (χ2v) is 9.98. The van der Waals surface area contributed by atoms with Crippen LogP contribution in [0.3, 0.4) is 0 Å². The summed E-state index contributed by atoms with van der Waals surface area (Å²) >= 11 is 0. The number of carbonyl (C=O) groups excluding carboxylic acids is 2. The summed E-state index contributed by atoms with van der Waals surface area (Å²) in [6.45, 7) is 6.34. The van der Waals surface area contributed by atoms with Crippen LogP contribution in [0.2, 0.25) is 0 Å². The quantitative estimate of drug-likeness (QED) is 0.377. The third-order valence-electron chi connectivity index (χ3n) is 6.75. The molecule has 0 unspecified atom stereocenters. The van der Waals surface area contributed by atoms with Crippen LogP contribution >= 0.6 is 0 Å². The molecule has 2 amide bonds. The van der Waals surface area contributed by atoms with E-state index in [1.54, 1.807) is 30.1 Å². The van der Waals surface area contributed by atoms with Gasteiger partial charge in [0.2, 0.25) is 0 Å². The number of hydrogen-bond donors (Lipinski definition) is 2. The standard InChI is InChI=1S/C31H37F2N3O3/c1-5-21-8-7-9-22(12-21)18-36(19-29(37)28(34)15-23-13-26(32)17-27(33)14-23)31(39)25-11-20(3)10-24(16-25)30(38)35(4)6-2/h7-14,16-17,28-29,37H,5-6,15,18-19,34H2,1-4H3/t28-,29+/m0/s1. The van der Waals surface area contributed by atoms with Crippen LogP contribution < -0.4 is 5.73 Å². The Bertz CT molecular complexity index is 1290. The Morgan fingerprint density at radius 1 is 0.897 bits per heavy atom. The fourth-order valence-electron chi connectivity index (χ4n) is 4.46. The van der Waals surface area contributed by atoms with Crippen molar-refractivity contribution in [1.29, 1.82) is 0 Å². The van der Waals surface area contributed by atoms with E-state index in [1.807, 2.05) is 45.0 Å². The van der Waals surface area contributed by atoms with Crippen molar-refractivity contribution >= 4 is 11.8 Å². The van der Waals surface area contributed by atoms with Crippen LogP contribution in [-0.4, -0.2) is 59.0 Å². The third kappa shape index (κ3) is 8.18. The highest BCUT2D eigenvalue weighted by Gasteiger charge is 2.25. The van der Waals surface area contributed by atoms with Crippen molar-refractivity contribution in [3.63, 3.8) is 0 Å². The third-order valence-corrected chi connectivity index (χ3v) is 6.75. The largest absolute Gasteiger partial charge is 0.390 e. The van der Waals surface area contributed by atoms with E-state index >= 15 is 0 Å². The monoisotopic (exact) mass is 537 g/mol. The minimum absolute atomic E-state index is 0.0235. The van der Waals surface area contributed by atoms with Crippen molar-refractivity contribution < 1.29 is 23.5 Å². The number of nitrogens with two attached hydrogens (primary N) is 1. The molecule has 3 rings (SSSR count). The van der Waals surface area contributed by atoms with E-state index in [9.17, 15) is 23.5 Å². The molecule has 0 aliphatic heterocycles. The fourth-order valence-corrected chi connectivity index (χ4v) is 4.46. The number of halogens is 2. The molecule has 0 aromatic heterocycles. The smallest absolute Gasteiger partial charge is 0.254 e. The van der Waals surface area contributed by atoms with E-state index in [0.717, 1.165) is 29.2 Å². The minimum atomic E-state index is -1.17. The van der Waals surface area contributed by atoms with Gasteiger partial charge in [-0.05, 0) is 79.3 Å². The van der Waals surface area contributed by atoms with Gasteiger partial charge < -0.3 is 20.6 Å². The van der Waals surface area contributed by atoms with Gasteiger partial charge in [0.05, 0.1) is 6.10 Å². The molecule has 0 saturated carbocycles. The summed E-state index contributed by atoms with van der Waals surface area (Å²) in [7, 11) is 1.70. The Labute approximate surface area is 229 Å². The molecule has 3 aromatic carbocycles. The topological polar surface area (TPSA) is 86.9 Å². The number of amides is 2. The van der Waals surface area contributed by atoms with Crippen LogP contribution in [-0.2, 0) is 19.4 Å². The number of aliphatic hydroxyl groups excluding tert-OH is 1. The van der Waals surface area contributed by atoms with Gasteiger partial charge in [-0.3, -0.25) is 9.59 Å². The van der Waals surface area contributed by atoms with Crippen molar-refractivity contribution in [3.05, 3.63) is 106 Å². The highest BCUT2D eigenvalue weighted by Crippen LogP contribution is 2.18. The summed E-state index contributed by atoms with van der Waals surface area (Å²) in [5, 5.41) is 11.0. The molecule has 0 spiro atoms. The first-order valence-electron chi connectivity index (χ1n) is 13.1. The molecule has 0 aliphatic rings. The second-order valence-electron chi connectivity index (χ2n) is 9.98. The Kier molecular flexibility index (Phi) is 10.3. The maximum Gasteiger partial charge on any atom is 0.254 e. The van der Waals surface area contributed by atoms with Crippen LogP contribution in [0.15, 0.2) is 60.7 Å². The molecule has 208 valence electrons. The number of benzene rings is 3. The molecular weight excluding hydrogens is 500 g/mol. The summed E-state index contributed by atoms with van der Waals surface area (Å²) in [6.07, 6.45) is -0.324. The predicted molar refractivity (Wildman–Crippen MR) is 148 cm³/mol. The van der Waals surface area contributed by atoms with Gasteiger partial charge in [0.25, 0.3) is 11.8 Å². The lowest BCUT2D eigenvalue weighted by Gasteiger charge is -2.29. The van der Waals surface area contributed by atoms with Crippen molar-refractivity contribution in [1.82, 2.24) is 9.80 Å². The van der Waals surface area contributed by atoms with E-state index in [1.165, 1.54) is 17.0 Å². The highest BCUT2D eigenvalue weighted by atomic mass is 19.1. The van der Waals surface area contributed by atoms with Crippen LogP contribution in [0.1, 0.15) is 56.8 Å². The lowest BCUT2D eigenvalue weighted by atomic mass is 10.00. The molecular formula is C31H37F2N3O3. The van der Waals surface area contributed by atoms with Gasteiger partial charge in [0, 0.05) is 49.9 Å². The number of aliphatic hydroxyl groups is 1. The van der Waals surface area contributed by atoms with E-state index in [4.69, 9.17) is 5.73 Å². The van der Waals surface area contributed by atoms with Gasteiger partial charge >= 0.3 is 0 Å². The minimum Gasteiger partial charge on any atom is -0.390 e. The first kappa shape index (κ1) is 29.9. The summed E-state index contributed by atoms with van der Waals surface area (Å²) in [5.74, 6) is -2.01. The summed E-state index contributed by atoms with van der Waals surface area (Å²) in [5.41, 5.74) is 10.0. The van der Waals surface area contributed by atoms with Gasteiger partial charge in [-0.25, -0.2) is 8.78 Å². The van der Waals surface area contributed by atoms with Crippen LogP contribution in [0.5, 0.6) is 0 Å². The summed E-state index contributed by atoms with van der Waals surface area (Å²) in [4.78, 5) is 29.7. The SMILES string of the molecule is CCc1cccc(CN(C[C@@H](O)[C@@H](N)Cc2cc(F)cc(F)c2)C(=O)c2cc(C)cc(C(=O)N(C)CC)c2)c1. The lowest BCUT2D eigenvalue weighted by Crippen LogP contribution is -2.46. The molecule has 39 heavy (non-hydrogen) atoms. The van der Waals surface area contributed by atoms with Crippen LogP contribution in [0, 0.1) is 18.6 Å². The number of rotatable bonds is 11. The van der Waals surface area contributed by atoms with Crippen molar-refractivity contribution in [2.45, 2.75) is 52.3 Å². The van der Waals surface area contributed by atoms with Gasteiger partial charge in [-0.15, -0.1) is 0 Å². The summed E-state index contributed by atoms with van der Waals surface area (Å²) in [6, 6.07) is 15.1. The van der Waals surface area contributed by atoms with Crippen molar-refractivity contribution in [2.24, 2.45) is 5.73 Å². The first-order valence-corrected chi connectivity index (χ1v) is 13.1. The Hall–Kier alpha value is -3.62.